The number of carbonyl (C=O) groups excluding carboxylic acids is 3. The second kappa shape index (κ2) is 10.9. The van der Waals surface area contributed by atoms with E-state index in [-0.39, 0.29) is 19.6 Å². The molecule has 0 aromatic heterocycles. The van der Waals surface area contributed by atoms with Crippen molar-refractivity contribution in [2.24, 2.45) is 5.92 Å². The van der Waals surface area contributed by atoms with Gasteiger partial charge in [0.2, 0.25) is 0 Å². The highest BCUT2D eigenvalue weighted by Crippen LogP contribution is 2.35. The van der Waals surface area contributed by atoms with E-state index in [1.807, 2.05) is 13.8 Å². The second-order valence-corrected chi connectivity index (χ2v) is 5.74. The maximum absolute atomic E-state index is 12.5. The number of rotatable bonds is 11. The van der Waals surface area contributed by atoms with Gasteiger partial charge in [0.1, 0.15) is 13.2 Å². The average molecular weight is 392 g/mol. The first-order chi connectivity index (χ1) is 11.8. The predicted octanol–water partition coefficient (Wildman–Crippen LogP) is 3.03. The molecule has 0 radical (unpaired) electrons. The molecule has 152 valence electrons. The van der Waals surface area contributed by atoms with Gasteiger partial charge in [0.05, 0.1) is 12.8 Å². The van der Waals surface area contributed by atoms with E-state index in [1.54, 1.807) is 0 Å². The maximum atomic E-state index is 12.5. The molecule has 0 heterocycles. The smallest absolute Gasteiger partial charge is 0.456 e. The van der Waals surface area contributed by atoms with Crippen molar-refractivity contribution in [3.8, 4) is 0 Å². The van der Waals surface area contributed by atoms with Crippen LogP contribution in [0, 0.1) is 5.92 Å². The quantitative estimate of drug-likeness (QED) is 0.233. The minimum atomic E-state index is -5.83. The lowest BCUT2D eigenvalue weighted by atomic mass is 10.1. The first-order valence-electron chi connectivity index (χ1n) is 7.76. The lowest BCUT2D eigenvalue weighted by molar-refractivity contribution is -0.294. The van der Waals surface area contributed by atoms with Gasteiger partial charge in [-0.1, -0.05) is 13.8 Å². The molecule has 0 amide bonds. The van der Waals surface area contributed by atoms with Gasteiger partial charge in [-0.05, 0) is 12.3 Å². The normalized spacial score (nSPS) is 12.0. The summed E-state index contributed by atoms with van der Waals surface area (Å²) in [4.78, 5) is 33.6. The lowest BCUT2D eigenvalue weighted by Gasteiger charge is -2.18. The van der Waals surface area contributed by atoms with Crippen LogP contribution >= 0.6 is 0 Å². The molecule has 0 aliphatic carbocycles. The summed E-state index contributed by atoms with van der Waals surface area (Å²) in [6, 6.07) is 0. The average Bonchev–Trinajstić information content (AvgIpc) is 2.52. The summed E-state index contributed by atoms with van der Waals surface area (Å²) in [7, 11) is 0. The van der Waals surface area contributed by atoms with Crippen LogP contribution in [0.5, 0.6) is 0 Å². The fraction of sp³-hybridized carbons (Fsp3) is 0.800. The number of carbonyl (C=O) groups is 3. The van der Waals surface area contributed by atoms with E-state index in [0.29, 0.717) is 12.3 Å². The molecule has 0 rings (SSSR count). The Balaban J connectivity index is 3.85. The molecule has 0 atom stereocenters. The zero-order valence-corrected chi connectivity index (χ0v) is 14.4. The first kappa shape index (κ1) is 24.1. The molecule has 0 bridgehead atoms. The number of hydrogen-bond acceptors (Lipinski definition) is 6. The predicted molar refractivity (Wildman–Crippen MR) is 77.2 cm³/mol. The molecule has 0 fully saturated rings. The Morgan fingerprint density at radius 3 is 1.62 bits per heavy atom. The van der Waals surface area contributed by atoms with Crippen LogP contribution in [0.4, 0.5) is 22.0 Å². The topological polar surface area (TPSA) is 78.9 Å². The highest BCUT2D eigenvalue weighted by Gasteiger charge is 2.58. The monoisotopic (exact) mass is 392 g/mol. The molecule has 0 saturated heterocycles. The van der Waals surface area contributed by atoms with E-state index >= 15 is 0 Å². The van der Waals surface area contributed by atoms with Crippen LogP contribution in [0.15, 0.2) is 0 Å². The van der Waals surface area contributed by atoms with E-state index in [0.717, 1.165) is 0 Å². The van der Waals surface area contributed by atoms with Crippen LogP contribution in [-0.2, 0) is 28.6 Å². The fourth-order valence-electron chi connectivity index (χ4n) is 1.39. The summed E-state index contributed by atoms with van der Waals surface area (Å²) >= 11 is 0. The van der Waals surface area contributed by atoms with Crippen molar-refractivity contribution < 1.29 is 50.5 Å². The van der Waals surface area contributed by atoms with Crippen LogP contribution in [0.1, 0.15) is 39.5 Å². The Morgan fingerprint density at radius 2 is 1.19 bits per heavy atom. The van der Waals surface area contributed by atoms with Crippen LogP contribution in [0.2, 0.25) is 0 Å². The number of halogens is 5. The van der Waals surface area contributed by atoms with E-state index in [4.69, 9.17) is 4.74 Å². The van der Waals surface area contributed by atoms with Crippen molar-refractivity contribution in [2.75, 3.05) is 19.8 Å². The van der Waals surface area contributed by atoms with Gasteiger partial charge >= 0.3 is 30.0 Å². The summed E-state index contributed by atoms with van der Waals surface area (Å²) in [6.45, 7) is 1.25. The Morgan fingerprint density at radius 1 is 0.769 bits per heavy atom. The van der Waals surface area contributed by atoms with Crippen LogP contribution in [0.25, 0.3) is 0 Å². The third-order valence-electron chi connectivity index (χ3n) is 2.90. The highest BCUT2D eigenvalue weighted by molar-refractivity contribution is 5.77. The van der Waals surface area contributed by atoms with Gasteiger partial charge in [-0.15, -0.1) is 0 Å². The number of alkyl halides is 5. The summed E-state index contributed by atoms with van der Waals surface area (Å²) < 4.78 is 73.8. The number of ether oxygens (including phenoxy) is 3. The Kier molecular flexibility index (Phi) is 10.1. The van der Waals surface area contributed by atoms with Gasteiger partial charge in [0.25, 0.3) is 0 Å². The van der Waals surface area contributed by atoms with Gasteiger partial charge < -0.3 is 14.2 Å². The van der Waals surface area contributed by atoms with Crippen molar-refractivity contribution in [2.45, 2.75) is 51.6 Å². The minimum absolute atomic E-state index is 0.190. The van der Waals surface area contributed by atoms with E-state index in [9.17, 15) is 36.3 Å². The Labute approximate surface area is 147 Å². The largest absolute Gasteiger partial charge is 0.462 e. The molecule has 0 aliphatic heterocycles. The van der Waals surface area contributed by atoms with Crippen molar-refractivity contribution in [3.05, 3.63) is 0 Å². The molecule has 0 spiro atoms. The minimum Gasteiger partial charge on any atom is -0.462 e. The second-order valence-electron chi connectivity index (χ2n) is 5.74. The fourth-order valence-corrected chi connectivity index (χ4v) is 1.39. The molecule has 0 aromatic carbocycles. The molecule has 26 heavy (non-hydrogen) atoms. The van der Waals surface area contributed by atoms with Crippen LogP contribution in [-0.4, -0.2) is 49.8 Å². The molecule has 0 aliphatic rings. The van der Waals surface area contributed by atoms with Crippen molar-refractivity contribution in [1.29, 1.82) is 0 Å². The first-order valence-corrected chi connectivity index (χ1v) is 7.76. The van der Waals surface area contributed by atoms with E-state index in [1.165, 1.54) is 0 Å². The van der Waals surface area contributed by atoms with Gasteiger partial charge in [-0.3, -0.25) is 14.4 Å². The summed E-state index contributed by atoms with van der Waals surface area (Å²) in [5.41, 5.74) is 0. The van der Waals surface area contributed by atoms with Crippen molar-refractivity contribution in [1.82, 2.24) is 0 Å². The molecule has 11 heteroatoms. The number of esters is 3. The molecular weight excluding hydrogens is 371 g/mol. The Hall–Kier alpha value is -1.94. The summed E-state index contributed by atoms with van der Waals surface area (Å²) in [5.74, 6) is -7.60. The molecule has 0 saturated carbocycles. The van der Waals surface area contributed by atoms with Crippen molar-refractivity contribution >= 4 is 17.9 Å². The standard InChI is InChI=1S/C15H21F5O6/c1-10(2)3-4-11(21)24-7-8-25-12(22)5-6-13(23)26-9-14(16,17)15(18,19)20/h10H,3-9H2,1-2H3. The third-order valence-corrected chi connectivity index (χ3v) is 2.90. The Bertz CT molecular complexity index is 476. The highest BCUT2D eigenvalue weighted by atomic mass is 19.4. The van der Waals surface area contributed by atoms with E-state index in [2.05, 4.69) is 9.47 Å². The summed E-state index contributed by atoms with van der Waals surface area (Å²) in [6.07, 6.45) is -6.26. The van der Waals surface area contributed by atoms with Gasteiger partial charge in [-0.2, -0.15) is 22.0 Å². The SMILES string of the molecule is CC(C)CCC(=O)OCCOC(=O)CCC(=O)OCC(F)(F)C(F)(F)F. The number of hydrogen-bond donors (Lipinski definition) is 0. The maximum Gasteiger partial charge on any atom is 0.456 e. The zero-order valence-electron chi connectivity index (χ0n) is 14.4. The van der Waals surface area contributed by atoms with Gasteiger partial charge in [0.15, 0.2) is 6.61 Å². The van der Waals surface area contributed by atoms with Crippen LogP contribution < -0.4 is 0 Å². The lowest BCUT2D eigenvalue weighted by Crippen LogP contribution is -2.41. The molecule has 6 nitrogen and oxygen atoms in total. The summed E-state index contributed by atoms with van der Waals surface area (Å²) in [5, 5.41) is 0. The molecule has 0 aromatic rings. The third kappa shape index (κ3) is 10.8. The molecule has 0 N–H and O–H groups in total. The van der Waals surface area contributed by atoms with Crippen LogP contribution in [0.3, 0.4) is 0 Å². The molecular formula is C15H21F5O6. The van der Waals surface area contributed by atoms with Gasteiger partial charge in [0, 0.05) is 6.42 Å². The van der Waals surface area contributed by atoms with E-state index < -0.39 is 49.5 Å². The molecule has 0 unspecified atom stereocenters. The zero-order chi connectivity index (χ0) is 20.4. The van der Waals surface area contributed by atoms with Crippen molar-refractivity contribution in [3.63, 3.8) is 0 Å². The van der Waals surface area contributed by atoms with Gasteiger partial charge in [-0.25, -0.2) is 0 Å².